The van der Waals surface area contributed by atoms with Crippen LogP contribution in [0.15, 0.2) is 0 Å². The number of likely N-dealkylation sites (N-methyl/N-ethyl adjacent to an activating group) is 1. The molecule has 0 spiro atoms. The Bertz CT molecular complexity index is 295. The summed E-state index contributed by atoms with van der Waals surface area (Å²) in [6.07, 6.45) is 3.26. The van der Waals surface area contributed by atoms with Crippen molar-refractivity contribution in [3.05, 3.63) is 0 Å². The minimum Gasteiger partial charge on any atom is -0.355 e. The van der Waals surface area contributed by atoms with Crippen molar-refractivity contribution in [2.75, 3.05) is 45.9 Å². The Hall–Kier alpha value is -0.690. The van der Waals surface area contributed by atoms with E-state index >= 15 is 0 Å². The molecule has 2 fully saturated rings. The molecule has 2 aliphatic rings. The van der Waals surface area contributed by atoms with E-state index in [4.69, 9.17) is 9.47 Å². The second kappa shape index (κ2) is 8.56. The maximum Gasteiger partial charge on any atom is 0.238 e. The van der Waals surface area contributed by atoms with Crippen LogP contribution in [0.3, 0.4) is 0 Å². The van der Waals surface area contributed by atoms with E-state index in [1.165, 1.54) is 6.42 Å². The lowest BCUT2D eigenvalue weighted by atomic mass is 10.1. The average molecular weight is 285 g/mol. The summed E-state index contributed by atoms with van der Waals surface area (Å²) in [5.74, 6) is 0.105. The molecule has 116 valence electrons. The number of nitrogens with zero attached hydrogens (tertiary/aromatic N) is 1. The lowest BCUT2D eigenvalue weighted by Gasteiger charge is -2.35. The molecule has 0 aliphatic carbocycles. The highest BCUT2D eigenvalue weighted by Gasteiger charge is 2.28. The average Bonchev–Trinajstić information content (AvgIpc) is 2.49. The fraction of sp³-hybridized carbons (Fsp3) is 0.929. The van der Waals surface area contributed by atoms with Crippen molar-refractivity contribution in [1.82, 2.24) is 15.5 Å². The largest absolute Gasteiger partial charge is 0.355 e. The van der Waals surface area contributed by atoms with E-state index in [-0.39, 0.29) is 18.2 Å². The van der Waals surface area contributed by atoms with Gasteiger partial charge in [0.1, 0.15) is 6.04 Å². The summed E-state index contributed by atoms with van der Waals surface area (Å²) in [5.41, 5.74) is 0. The molecule has 0 radical (unpaired) electrons. The molecule has 6 nitrogen and oxygen atoms in total. The topological polar surface area (TPSA) is 62.8 Å². The Morgan fingerprint density at radius 2 is 2.40 bits per heavy atom. The van der Waals surface area contributed by atoms with Gasteiger partial charge in [0.25, 0.3) is 0 Å². The van der Waals surface area contributed by atoms with Crippen molar-refractivity contribution >= 4 is 5.91 Å². The SMILES string of the molecule is CCNC(=O)C1CNCCN1CCOC1CCCCO1. The number of ether oxygens (including phenoxy) is 2. The van der Waals surface area contributed by atoms with Gasteiger partial charge in [0.2, 0.25) is 5.91 Å². The van der Waals surface area contributed by atoms with Gasteiger partial charge < -0.3 is 20.1 Å². The van der Waals surface area contributed by atoms with Gasteiger partial charge in [-0.3, -0.25) is 9.69 Å². The molecule has 1 amide bonds. The molecular weight excluding hydrogens is 258 g/mol. The maximum absolute atomic E-state index is 12.0. The first-order valence-electron chi connectivity index (χ1n) is 7.77. The van der Waals surface area contributed by atoms with E-state index in [0.717, 1.165) is 39.1 Å². The predicted octanol–water partition coefficient (Wildman–Crippen LogP) is -0.0605. The highest BCUT2D eigenvalue weighted by Crippen LogP contribution is 2.13. The smallest absolute Gasteiger partial charge is 0.238 e. The van der Waals surface area contributed by atoms with E-state index in [2.05, 4.69) is 15.5 Å². The zero-order chi connectivity index (χ0) is 14.2. The third kappa shape index (κ3) is 4.70. The van der Waals surface area contributed by atoms with Gasteiger partial charge in [-0.1, -0.05) is 0 Å². The minimum atomic E-state index is -0.0837. The molecule has 0 aromatic heterocycles. The van der Waals surface area contributed by atoms with Gasteiger partial charge in [0.15, 0.2) is 6.29 Å². The number of carbonyl (C=O) groups is 1. The van der Waals surface area contributed by atoms with Gasteiger partial charge in [0, 0.05) is 39.3 Å². The van der Waals surface area contributed by atoms with Crippen molar-refractivity contribution in [3.63, 3.8) is 0 Å². The lowest BCUT2D eigenvalue weighted by Crippen LogP contribution is -2.58. The number of nitrogens with one attached hydrogen (secondary N) is 2. The van der Waals surface area contributed by atoms with Gasteiger partial charge in [-0.25, -0.2) is 0 Å². The van der Waals surface area contributed by atoms with Crippen molar-refractivity contribution in [3.8, 4) is 0 Å². The summed E-state index contributed by atoms with van der Waals surface area (Å²) in [6, 6.07) is -0.0837. The highest BCUT2D eigenvalue weighted by atomic mass is 16.7. The van der Waals surface area contributed by atoms with Crippen LogP contribution < -0.4 is 10.6 Å². The van der Waals surface area contributed by atoms with Gasteiger partial charge >= 0.3 is 0 Å². The van der Waals surface area contributed by atoms with Crippen LogP contribution in [0, 0.1) is 0 Å². The quantitative estimate of drug-likeness (QED) is 0.716. The van der Waals surface area contributed by atoms with E-state index in [0.29, 0.717) is 19.7 Å². The first kappa shape index (κ1) is 15.7. The summed E-state index contributed by atoms with van der Waals surface area (Å²) >= 11 is 0. The molecule has 0 aromatic rings. The molecular formula is C14H27N3O3. The molecule has 2 rings (SSSR count). The van der Waals surface area contributed by atoms with Gasteiger partial charge in [-0.05, 0) is 26.2 Å². The summed E-state index contributed by atoms with van der Waals surface area (Å²) in [4.78, 5) is 14.2. The zero-order valence-electron chi connectivity index (χ0n) is 12.4. The molecule has 0 aromatic carbocycles. The molecule has 2 unspecified atom stereocenters. The lowest BCUT2D eigenvalue weighted by molar-refractivity contribution is -0.165. The van der Waals surface area contributed by atoms with Crippen LogP contribution in [0.4, 0.5) is 0 Å². The van der Waals surface area contributed by atoms with Crippen molar-refractivity contribution in [2.24, 2.45) is 0 Å². The summed E-state index contributed by atoms with van der Waals surface area (Å²) in [7, 11) is 0. The summed E-state index contributed by atoms with van der Waals surface area (Å²) in [6.45, 7) is 7.36. The van der Waals surface area contributed by atoms with Crippen LogP contribution in [-0.2, 0) is 14.3 Å². The maximum atomic E-state index is 12.0. The Kier molecular flexibility index (Phi) is 6.72. The third-order valence-corrected chi connectivity index (χ3v) is 3.83. The van der Waals surface area contributed by atoms with Crippen molar-refractivity contribution < 1.29 is 14.3 Å². The fourth-order valence-electron chi connectivity index (χ4n) is 2.71. The number of piperazine rings is 1. The fourth-order valence-corrected chi connectivity index (χ4v) is 2.71. The normalized spacial score (nSPS) is 28.2. The second-order valence-electron chi connectivity index (χ2n) is 5.32. The van der Waals surface area contributed by atoms with E-state index in [1.54, 1.807) is 0 Å². The third-order valence-electron chi connectivity index (χ3n) is 3.83. The molecule has 0 bridgehead atoms. The number of hydrogen-bond acceptors (Lipinski definition) is 5. The molecule has 20 heavy (non-hydrogen) atoms. The highest BCUT2D eigenvalue weighted by molar-refractivity contribution is 5.82. The zero-order valence-corrected chi connectivity index (χ0v) is 12.4. The number of amides is 1. The number of rotatable bonds is 6. The number of carbonyl (C=O) groups excluding carboxylic acids is 1. The van der Waals surface area contributed by atoms with Crippen molar-refractivity contribution in [2.45, 2.75) is 38.5 Å². The van der Waals surface area contributed by atoms with Crippen LogP contribution in [0.2, 0.25) is 0 Å². The van der Waals surface area contributed by atoms with Crippen molar-refractivity contribution in [1.29, 1.82) is 0 Å². The van der Waals surface area contributed by atoms with E-state index in [1.807, 2.05) is 6.92 Å². The van der Waals surface area contributed by atoms with Crippen LogP contribution >= 0.6 is 0 Å². The van der Waals surface area contributed by atoms with E-state index < -0.39 is 0 Å². The molecule has 2 aliphatic heterocycles. The van der Waals surface area contributed by atoms with Crippen LogP contribution in [0.25, 0.3) is 0 Å². The Labute approximate surface area is 121 Å². The van der Waals surface area contributed by atoms with Crippen LogP contribution in [0.1, 0.15) is 26.2 Å². The van der Waals surface area contributed by atoms with Gasteiger partial charge in [-0.2, -0.15) is 0 Å². The molecule has 2 saturated heterocycles. The van der Waals surface area contributed by atoms with Gasteiger partial charge in [-0.15, -0.1) is 0 Å². The molecule has 6 heteroatoms. The van der Waals surface area contributed by atoms with Gasteiger partial charge in [0.05, 0.1) is 6.61 Å². The molecule has 2 N–H and O–H groups in total. The molecule has 2 atom stereocenters. The summed E-state index contributed by atoms with van der Waals surface area (Å²) in [5, 5.41) is 6.17. The van der Waals surface area contributed by atoms with Crippen LogP contribution in [-0.4, -0.2) is 69.1 Å². The first-order valence-corrected chi connectivity index (χ1v) is 7.77. The second-order valence-corrected chi connectivity index (χ2v) is 5.32. The standard InChI is InChI=1S/C14H27N3O3/c1-2-16-14(18)12-11-15-6-7-17(12)8-10-20-13-5-3-4-9-19-13/h12-13,15H,2-11H2,1H3,(H,16,18). The van der Waals surface area contributed by atoms with E-state index in [9.17, 15) is 4.79 Å². The minimum absolute atomic E-state index is 0.0467. The summed E-state index contributed by atoms with van der Waals surface area (Å²) < 4.78 is 11.3. The Morgan fingerprint density at radius 1 is 1.50 bits per heavy atom. The Morgan fingerprint density at radius 3 is 3.15 bits per heavy atom. The molecule has 0 saturated carbocycles. The van der Waals surface area contributed by atoms with Crippen LogP contribution in [0.5, 0.6) is 0 Å². The first-order chi connectivity index (χ1) is 9.81. The molecule has 2 heterocycles. The predicted molar refractivity (Wildman–Crippen MR) is 76.5 cm³/mol. The Balaban J connectivity index is 1.72. The number of hydrogen-bond donors (Lipinski definition) is 2. The monoisotopic (exact) mass is 285 g/mol.